The number of phenols is 1. The average Bonchev–Trinajstić information content (AvgIpc) is 2.82. The maximum Gasteiger partial charge on any atom is 0.270 e. The summed E-state index contributed by atoms with van der Waals surface area (Å²) >= 11 is 0. The molecule has 1 fully saturated rings. The van der Waals surface area contributed by atoms with Crippen molar-refractivity contribution in [2.75, 3.05) is 41.9 Å². The second-order valence-electron chi connectivity index (χ2n) is 7.24. The zero-order valence-electron chi connectivity index (χ0n) is 17.8. The first-order valence-corrected chi connectivity index (χ1v) is 10.2. The van der Waals surface area contributed by atoms with Gasteiger partial charge in [0.2, 0.25) is 17.8 Å². The third-order valence-corrected chi connectivity index (χ3v) is 4.82. The predicted molar refractivity (Wildman–Crippen MR) is 123 cm³/mol. The number of nitro benzene ring substituents is 1. The Morgan fingerprint density at radius 3 is 2.58 bits per heavy atom. The molecule has 33 heavy (non-hydrogen) atoms. The van der Waals surface area contributed by atoms with Gasteiger partial charge in [0.1, 0.15) is 5.75 Å². The van der Waals surface area contributed by atoms with Crippen molar-refractivity contribution in [3.63, 3.8) is 0 Å². The lowest BCUT2D eigenvalue weighted by Gasteiger charge is -2.27. The molecular weight excluding hydrogens is 428 g/mol. The first kappa shape index (κ1) is 21.9. The van der Waals surface area contributed by atoms with E-state index < -0.39 is 4.92 Å². The summed E-state index contributed by atoms with van der Waals surface area (Å²) in [7, 11) is 0. The fourth-order valence-electron chi connectivity index (χ4n) is 3.06. The molecule has 3 N–H and O–H groups in total. The predicted octanol–water partition coefficient (Wildman–Crippen LogP) is 2.82. The van der Waals surface area contributed by atoms with Crippen molar-refractivity contribution < 1.29 is 14.8 Å². The number of morpholine rings is 1. The maximum absolute atomic E-state index is 11.0. The molecular formula is C21H22N8O4. The molecule has 0 bridgehead atoms. The van der Waals surface area contributed by atoms with Crippen LogP contribution in [0.5, 0.6) is 5.75 Å². The molecule has 3 aromatic rings. The molecule has 2 aromatic carbocycles. The molecule has 1 aromatic heterocycles. The van der Waals surface area contributed by atoms with E-state index in [-0.39, 0.29) is 22.9 Å². The topological polar surface area (TPSA) is 151 Å². The fourth-order valence-corrected chi connectivity index (χ4v) is 3.06. The standard InChI is InChI=1S/C21H22N8O4/c1-14-2-4-16(5-3-14)23-19-24-20(26-21(25-19)28-8-10-33-11-9-28)27-22-13-15-12-17(29(31)32)6-7-18(15)30/h2-7,12-13,30H,8-11H2,1H3,(H2,23,24,25,26,27). The third kappa shape index (κ3) is 5.68. The molecule has 0 amide bonds. The average molecular weight is 450 g/mol. The number of ether oxygens (including phenoxy) is 1. The van der Waals surface area contributed by atoms with Crippen LogP contribution < -0.4 is 15.6 Å². The zero-order chi connectivity index (χ0) is 23.2. The lowest BCUT2D eigenvalue weighted by atomic mass is 10.2. The minimum absolute atomic E-state index is 0.141. The van der Waals surface area contributed by atoms with Crippen LogP contribution in [-0.2, 0) is 4.74 Å². The van der Waals surface area contributed by atoms with Gasteiger partial charge in [-0.05, 0) is 25.1 Å². The number of hydrogen-bond acceptors (Lipinski definition) is 11. The highest BCUT2D eigenvalue weighted by atomic mass is 16.6. The first-order chi connectivity index (χ1) is 16.0. The number of aromatic nitrogens is 3. The van der Waals surface area contributed by atoms with Gasteiger partial charge < -0.3 is 20.1 Å². The van der Waals surface area contributed by atoms with Gasteiger partial charge >= 0.3 is 0 Å². The van der Waals surface area contributed by atoms with Crippen LogP contribution in [0.15, 0.2) is 47.6 Å². The maximum atomic E-state index is 11.0. The molecule has 1 aliphatic heterocycles. The van der Waals surface area contributed by atoms with Crippen LogP contribution in [0, 0.1) is 17.0 Å². The van der Waals surface area contributed by atoms with E-state index in [1.54, 1.807) is 0 Å². The van der Waals surface area contributed by atoms with Crippen LogP contribution in [-0.4, -0.2) is 57.5 Å². The fraction of sp³-hybridized carbons (Fsp3) is 0.238. The van der Waals surface area contributed by atoms with E-state index in [0.29, 0.717) is 38.2 Å². The number of anilines is 4. The number of hydrogen-bond donors (Lipinski definition) is 3. The smallest absolute Gasteiger partial charge is 0.270 e. The monoisotopic (exact) mass is 450 g/mol. The minimum atomic E-state index is -0.548. The molecule has 12 heteroatoms. The van der Waals surface area contributed by atoms with Crippen molar-refractivity contribution in [1.82, 2.24) is 15.0 Å². The number of aryl methyl sites for hydroxylation is 1. The highest BCUT2D eigenvalue weighted by Gasteiger charge is 2.17. The van der Waals surface area contributed by atoms with E-state index in [1.165, 1.54) is 24.4 Å². The number of hydrazone groups is 1. The summed E-state index contributed by atoms with van der Waals surface area (Å²) in [6, 6.07) is 11.5. The Labute approximate surface area is 189 Å². The Balaban J connectivity index is 1.58. The molecule has 1 saturated heterocycles. The third-order valence-electron chi connectivity index (χ3n) is 4.82. The lowest BCUT2D eigenvalue weighted by molar-refractivity contribution is -0.384. The van der Waals surface area contributed by atoms with E-state index in [9.17, 15) is 15.2 Å². The Kier molecular flexibility index (Phi) is 6.55. The van der Waals surface area contributed by atoms with Crippen LogP contribution in [0.3, 0.4) is 0 Å². The van der Waals surface area contributed by atoms with Crippen molar-refractivity contribution in [3.8, 4) is 5.75 Å². The van der Waals surface area contributed by atoms with Gasteiger partial charge in [-0.15, -0.1) is 0 Å². The Hall–Kier alpha value is -4.32. The van der Waals surface area contributed by atoms with Crippen LogP contribution in [0.2, 0.25) is 0 Å². The molecule has 170 valence electrons. The summed E-state index contributed by atoms with van der Waals surface area (Å²) < 4.78 is 5.40. The molecule has 0 aliphatic carbocycles. The number of non-ortho nitro benzene ring substituents is 1. The molecule has 1 aliphatic rings. The summed E-state index contributed by atoms with van der Waals surface area (Å²) in [5.41, 5.74) is 4.68. The van der Waals surface area contributed by atoms with Crippen molar-refractivity contribution in [2.45, 2.75) is 6.92 Å². The van der Waals surface area contributed by atoms with E-state index >= 15 is 0 Å². The molecule has 0 unspecified atom stereocenters. The van der Waals surface area contributed by atoms with Gasteiger partial charge in [-0.2, -0.15) is 20.1 Å². The first-order valence-electron chi connectivity index (χ1n) is 10.2. The number of rotatable bonds is 7. The molecule has 0 radical (unpaired) electrons. The summed E-state index contributed by atoms with van der Waals surface area (Å²) in [6.45, 7) is 4.41. The molecule has 0 atom stereocenters. The van der Waals surface area contributed by atoms with Gasteiger partial charge in [-0.1, -0.05) is 17.7 Å². The van der Waals surface area contributed by atoms with E-state index in [0.717, 1.165) is 11.3 Å². The van der Waals surface area contributed by atoms with Gasteiger partial charge in [0, 0.05) is 36.5 Å². The SMILES string of the molecule is Cc1ccc(Nc2nc(NN=Cc3cc([N+](=O)[O-])ccc3O)nc(N3CCOCC3)n2)cc1. The van der Waals surface area contributed by atoms with Gasteiger partial charge in [-0.25, -0.2) is 5.43 Å². The van der Waals surface area contributed by atoms with Crippen LogP contribution in [0.25, 0.3) is 0 Å². The number of nitro groups is 1. The van der Waals surface area contributed by atoms with Crippen LogP contribution >= 0.6 is 0 Å². The van der Waals surface area contributed by atoms with Crippen molar-refractivity contribution >= 4 is 35.4 Å². The summed E-state index contributed by atoms with van der Waals surface area (Å²) in [5.74, 6) is 0.810. The van der Waals surface area contributed by atoms with Gasteiger partial charge in [0.05, 0.1) is 24.4 Å². The number of nitrogens with zero attached hydrogens (tertiary/aromatic N) is 6. The highest BCUT2D eigenvalue weighted by Crippen LogP contribution is 2.22. The Morgan fingerprint density at radius 2 is 1.85 bits per heavy atom. The number of benzene rings is 2. The van der Waals surface area contributed by atoms with E-state index in [1.807, 2.05) is 36.1 Å². The van der Waals surface area contributed by atoms with Gasteiger partial charge in [0.25, 0.3) is 5.69 Å². The van der Waals surface area contributed by atoms with E-state index in [4.69, 9.17) is 4.74 Å². The number of aromatic hydroxyl groups is 1. The van der Waals surface area contributed by atoms with Crippen molar-refractivity contribution in [2.24, 2.45) is 5.10 Å². The molecule has 0 saturated carbocycles. The zero-order valence-corrected chi connectivity index (χ0v) is 17.8. The second-order valence-corrected chi connectivity index (χ2v) is 7.24. The van der Waals surface area contributed by atoms with Crippen LogP contribution in [0.1, 0.15) is 11.1 Å². The summed E-state index contributed by atoms with van der Waals surface area (Å²) in [4.78, 5) is 25.7. The van der Waals surface area contributed by atoms with E-state index in [2.05, 4.69) is 30.8 Å². The number of phenolic OH excluding ortho intramolecular Hbond substituents is 1. The Morgan fingerprint density at radius 1 is 1.12 bits per heavy atom. The van der Waals surface area contributed by atoms with Crippen molar-refractivity contribution in [3.05, 3.63) is 63.7 Å². The Bertz CT molecular complexity index is 1160. The second kappa shape index (κ2) is 9.87. The molecule has 0 spiro atoms. The van der Waals surface area contributed by atoms with Gasteiger partial charge in [0.15, 0.2) is 0 Å². The summed E-state index contributed by atoms with van der Waals surface area (Å²) in [5, 5.41) is 28.1. The quantitative estimate of drug-likeness (QED) is 0.278. The summed E-state index contributed by atoms with van der Waals surface area (Å²) in [6.07, 6.45) is 1.26. The van der Waals surface area contributed by atoms with Crippen LogP contribution in [0.4, 0.5) is 29.2 Å². The highest BCUT2D eigenvalue weighted by molar-refractivity contribution is 5.84. The lowest BCUT2D eigenvalue weighted by Crippen LogP contribution is -2.37. The minimum Gasteiger partial charge on any atom is -0.507 e. The molecule has 12 nitrogen and oxygen atoms in total. The largest absolute Gasteiger partial charge is 0.507 e. The number of nitrogens with one attached hydrogen (secondary N) is 2. The normalized spacial score (nSPS) is 13.8. The molecule has 2 heterocycles. The molecule has 4 rings (SSSR count). The van der Waals surface area contributed by atoms with Crippen molar-refractivity contribution in [1.29, 1.82) is 0 Å². The van der Waals surface area contributed by atoms with Gasteiger partial charge in [-0.3, -0.25) is 10.1 Å².